The van der Waals surface area contributed by atoms with Crippen molar-refractivity contribution in [2.24, 2.45) is 0 Å². The lowest BCUT2D eigenvalue weighted by Gasteiger charge is -2.10. The van der Waals surface area contributed by atoms with Gasteiger partial charge in [-0.3, -0.25) is 0 Å². The molecule has 0 radical (unpaired) electrons. The molecule has 8 heteroatoms. The third kappa shape index (κ3) is 3.38. The number of benzene rings is 1. The molecule has 0 N–H and O–H groups in total. The lowest BCUT2D eigenvalue weighted by atomic mass is 10.1. The van der Waals surface area contributed by atoms with Gasteiger partial charge in [-0.1, -0.05) is 11.6 Å². The second kappa shape index (κ2) is 7.19. The zero-order valence-electron chi connectivity index (χ0n) is 14.5. The first kappa shape index (κ1) is 17.2. The molecule has 0 bridgehead atoms. The Bertz CT molecular complexity index is 1020. The molecule has 3 aromatic heterocycles. The fraction of sp³-hybridized carbons (Fsp3) is 0.278. The van der Waals surface area contributed by atoms with E-state index in [0.717, 1.165) is 47.6 Å². The largest absolute Gasteiger partial charge is 0.464 e. The maximum Gasteiger partial charge on any atom is 0.201 e. The summed E-state index contributed by atoms with van der Waals surface area (Å²) in [5.74, 6) is 1.40. The van der Waals surface area contributed by atoms with Gasteiger partial charge in [-0.05, 0) is 45.3 Å². The first-order chi connectivity index (χ1) is 12.6. The van der Waals surface area contributed by atoms with Gasteiger partial charge in [0.15, 0.2) is 5.82 Å². The second-order valence-corrected chi connectivity index (χ2v) is 7.46. The van der Waals surface area contributed by atoms with Gasteiger partial charge in [0.1, 0.15) is 17.5 Å². The highest BCUT2D eigenvalue weighted by Crippen LogP contribution is 2.32. The van der Waals surface area contributed by atoms with Crippen molar-refractivity contribution in [3.05, 3.63) is 40.4 Å². The molecule has 0 atom stereocenters. The highest BCUT2D eigenvalue weighted by molar-refractivity contribution is 7.07. The molecule has 0 aliphatic heterocycles. The fourth-order valence-electron chi connectivity index (χ4n) is 2.84. The minimum atomic E-state index is 0.627. The molecule has 0 fully saturated rings. The minimum Gasteiger partial charge on any atom is -0.464 e. The molecule has 0 spiro atoms. The zero-order chi connectivity index (χ0) is 18.1. The maximum absolute atomic E-state index is 6.18. The number of thiazole rings is 1. The Morgan fingerprint density at radius 2 is 2.19 bits per heavy atom. The number of furan rings is 1. The summed E-state index contributed by atoms with van der Waals surface area (Å²) in [6.45, 7) is 1.74. The van der Waals surface area contributed by atoms with Crippen molar-refractivity contribution < 1.29 is 4.42 Å². The van der Waals surface area contributed by atoms with E-state index in [0.29, 0.717) is 10.8 Å². The smallest absolute Gasteiger partial charge is 0.201 e. The average molecular weight is 388 g/mol. The van der Waals surface area contributed by atoms with Gasteiger partial charge in [0, 0.05) is 22.3 Å². The van der Waals surface area contributed by atoms with Gasteiger partial charge in [-0.25, -0.2) is 14.6 Å². The van der Waals surface area contributed by atoms with Crippen LogP contribution in [-0.4, -0.2) is 45.3 Å². The van der Waals surface area contributed by atoms with Crippen LogP contribution in [0.4, 0.5) is 0 Å². The first-order valence-electron chi connectivity index (χ1n) is 8.27. The highest BCUT2D eigenvalue weighted by Gasteiger charge is 2.18. The van der Waals surface area contributed by atoms with E-state index in [4.69, 9.17) is 26.1 Å². The first-order valence-corrected chi connectivity index (χ1v) is 9.59. The SMILES string of the molecule is CN(C)CCCn1nc(-c2cscn2)nc1-c1coc2ccc(Cl)cc12. The van der Waals surface area contributed by atoms with Crippen LogP contribution >= 0.6 is 22.9 Å². The van der Waals surface area contributed by atoms with Crippen LogP contribution in [0, 0.1) is 0 Å². The number of hydrogen-bond acceptors (Lipinski definition) is 6. The fourth-order valence-corrected chi connectivity index (χ4v) is 3.54. The van der Waals surface area contributed by atoms with Gasteiger partial charge in [-0.2, -0.15) is 0 Å². The number of aromatic nitrogens is 4. The molecule has 0 saturated carbocycles. The topological polar surface area (TPSA) is 60.0 Å². The van der Waals surface area contributed by atoms with Crippen molar-refractivity contribution in [1.29, 1.82) is 0 Å². The van der Waals surface area contributed by atoms with Crippen molar-refractivity contribution in [2.75, 3.05) is 20.6 Å². The van der Waals surface area contributed by atoms with Gasteiger partial charge < -0.3 is 9.32 Å². The molecule has 4 rings (SSSR count). The summed E-state index contributed by atoms with van der Waals surface area (Å²) < 4.78 is 7.63. The molecule has 0 saturated heterocycles. The Morgan fingerprint density at radius 3 is 2.96 bits per heavy atom. The third-order valence-electron chi connectivity index (χ3n) is 4.08. The summed E-state index contributed by atoms with van der Waals surface area (Å²) in [5.41, 5.74) is 4.24. The summed E-state index contributed by atoms with van der Waals surface area (Å²) in [6, 6.07) is 5.59. The Kier molecular flexibility index (Phi) is 4.76. The summed E-state index contributed by atoms with van der Waals surface area (Å²) >= 11 is 7.71. The van der Waals surface area contributed by atoms with E-state index in [1.165, 1.54) is 11.3 Å². The standard InChI is InChI=1S/C18H18ClN5OS/c1-23(2)6-3-7-24-18(21-17(22-24)15-10-26-11-20-15)14-9-25-16-5-4-12(19)8-13(14)16/h4-5,8-11H,3,6-7H2,1-2H3. The van der Waals surface area contributed by atoms with Crippen LogP contribution in [0.3, 0.4) is 0 Å². The normalized spacial score (nSPS) is 11.7. The zero-order valence-corrected chi connectivity index (χ0v) is 16.1. The van der Waals surface area contributed by atoms with Gasteiger partial charge in [-0.15, -0.1) is 16.4 Å². The highest BCUT2D eigenvalue weighted by atomic mass is 35.5. The number of aryl methyl sites for hydroxylation is 1. The Morgan fingerprint density at radius 1 is 1.31 bits per heavy atom. The van der Waals surface area contributed by atoms with Crippen molar-refractivity contribution in [2.45, 2.75) is 13.0 Å². The van der Waals surface area contributed by atoms with Crippen molar-refractivity contribution in [3.63, 3.8) is 0 Å². The van der Waals surface area contributed by atoms with Crippen LogP contribution in [0.1, 0.15) is 6.42 Å². The van der Waals surface area contributed by atoms with E-state index in [-0.39, 0.29) is 0 Å². The van der Waals surface area contributed by atoms with Gasteiger partial charge in [0.2, 0.25) is 5.82 Å². The molecule has 6 nitrogen and oxygen atoms in total. The molecule has 0 aliphatic carbocycles. The maximum atomic E-state index is 6.18. The van der Waals surface area contributed by atoms with E-state index in [1.54, 1.807) is 11.8 Å². The Hall–Kier alpha value is -2.22. The van der Waals surface area contributed by atoms with E-state index >= 15 is 0 Å². The average Bonchev–Trinajstić information content (AvgIpc) is 3.33. The van der Waals surface area contributed by atoms with Gasteiger partial charge in [0.25, 0.3) is 0 Å². The van der Waals surface area contributed by atoms with E-state index in [1.807, 2.05) is 28.3 Å². The Labute approximate surface area is 160 Å². The van der Waals surface area contributed by atoms with Crippen LogP contribution in [0.25, 0.3) is 33.9 Å². The number of fused-ring (bicyclic) bond motifs is 1. The summed E-state index contributed by atoms with van der Waals surface area (Å²) in [7, 11) is 4.13. The second-order valence-electron chi connectivity index (χ2n) is 6.30. The quantitative estimate of drug-likeness (QED) is 0.490. The van der Waals surface area contributed by atoms with Crippen LogP contribution in [-0.2, 0) is 6.54 Å². The molecular weight excluding hydrogens is 370 g/mol. The monoisotopic (exact) mass is 387 g/mol. The molecule has 4 aromatic rings. The van der Waals surface area contributed by atoms with Gasteiger partial charge >= 0.3 is 0 Å². The number of halogens is 1. The predicted octanol–water partition coefficient (Wildman–Crippen LogP) is 4.42. The predicted molar refractivity (Wildman–Crippen MR) is 105 cm³/mol. The van der Waals surface area contributed by atoms with Crippen molar-refractivity contribution in [3.8, 4) is 22.9 Å². The molecule has 3 heterocycles. The van der Waals surface area contributed by atoms with Crippen molar-refractivity contribution in [1.82, 2.24) is 24.6 Å². The summed E-state index contributed by atoms with van der Waals surface area (Å²) in [4.78, 5) is 11.2. The van der Waals surface area contributed by atoms with E-state index in [9.17, 15) is 0 Å². The minimum absolute atomic E-state index is 0.627. The van der Waals surface area contributed by atoms with Crippen LogP contribution in [0.5, 0.6) is 0 Å². The molecule has 1 aromatic carbocycles. The number of nitrogens with zero attached hydrogens (tertiary/aromatic N) is 5. The molecular formula is C18H18ClN5OS. The van der Waals surface area contributed by atoms with Crippen LogP contribution < -0.4 is 0 Å². The third-order valence-corrected chi connectivity index (χ3v) is 4.91. The summed E-state index contributed by atoms with van der Waals surface area (Å²) in [6.07, 6.45) is 2.69. The molecule has 0 amide bonds. The lowest BCUT2D eigenvalue weighted by molar-refractivity contribution is 0.381. The molecule has 0 aliphatic rings. The van der Waals surface area contributed by atoms with Gasteiger partial charge in [0.05, 0.1) is 11.1 Å². The van der Waals surface area contributed by atoms with Crippen LogP contribution in [0.15, 0.2) is 39.8 Å². The lowest BCUT2D eigenvalue weighted by Crippen LogP contribution is -2.15. The molecule has 0 unspecified atom stereocenters. The number of hydrogen-bond donors (Lipinski definition) is 0. The van der Waals surface area contributed by atoms with E-state index in [2.05, 4.69) is 24.0 Å². The Balaban J connectivity index is 1.78. The molecule has 134 valence electrons. The van der Waals surface area contributed by atoms with E-state index < -0.39 is 0 Å². The number of rotatable bonds is 6. The summed E-state index contributed by atoms with van der Waals surface area (Å²) in [5, 5.41) is 8.24. The van der Waals surface area contributed by atoms with Crippen LogP contribution in [0.2, 0.25) is 5.02 Å². The van der Waals surface area contributed by atoms with Crippen molar-refractivity contribution >= 4 is 33.9 Å². The molecule has 26 heavy (non-hydrogen) atoms.